The molecule has 4 heteroatoms. The minimum Gasteiger partial charge on any atom is -0.492 e. The molecule has 0 aliphatic carbocycles. The van der Waals surface area contributed by atoms with Crippen molar-refractivity contribution in [2.24, 2.45) is 5.92 Å². The first kappa shape index (κ1) is 19.0. The van der Waals surface area contributed by atoms with Crippen molar-refractivity contribution >= 4 is 17.9 Å². The fraction of sp³-hybridized carbons (Fsp3) is 0.250. The van der Waals surface area contributed by atoms with Crippen molar-refractivity contribution in [2.45, 2.75) is 19.4 Å². The molecule has 0 N–H and O–H groups in total. The molecular formula is C24H26NO2P. The second-order valence-electron chi connectivity index (χ2n) is 7.49. The first-order valence-electron chi connectivity index (χ1n) is 9.84. The number of benzene rings is 3. The molecule has 1 aliphatic heterocycles. The van der Waals surface area contributed by atoms with E-state index in [1.807, 2.05) is 91.0 Å². The largest absolute Gasteiger partial charge is 0.492 e. The van der Waals surface area contributed by atoms with E-state index in [2.05, 4.69) is 11.6 Å². The summed E-state index contributed by atoms with van der Waals surface area (Å²) < 4.78 is 22.9. The monoisotopic (exact) mass is 391 g/mol. The molecule has 1 fully saturated rings. The maximum Gasteiger partial charge on any atom is 0.207 e. The fourth-order valence-electron chi connectivity index (χ4n) is 4.04. The molecule has 4 rings (SSSR count). The van der Waals surface area contributed by atoms with E-state index in [4.69, 9.17) is 4.74 Å². The highest BCUT2D eigenvalue weighted by molar-refractivity contribution is 7.76. The van der Waals surface area contributed by atoms with Gasteiger partial charge in [0.25, 0.3) is 0 Å². The molecule has 0 amide bonds. The van der Waals surface area contributed by atoms with E-state index in [1.54, 1.807) is 0 Å². The van der Waals surface area contributed by atoms with Crippen molar-refractivity contribution in [3.05, 3.63) is 91.0 Å². The predicted molar refractivity (Wildman–Crippen MR) is 116 cm³/mol. The number of ether oxygens (including phenoxy) is 1. The van der Waals surface area contributed by atoms with Gasteiger partial charge in [-0.05, 0) is 48.7 Å². The van der Waals surface area contributed by atoms with Gasteiger partial charge >= 0.3 is 0 Å². The maximum atomic E-state index is 14.7. The smallest absolute Gasteiger partial charge is 0.207 e. The summed E-state index contributed by atoms with van der Waals surface area (Å²) in [6.45, 7) is 3.58. The lowest BCUT2D eigenvalue weighted by Gasteiger charge is -2.33. The highest BCUT2D eigenvalue weighted by Crippen LogP contribution is 2.52. The van der Waals surface area contributed by atoms with Gasteiger partial charge in [-0.2, -0.15) is 0 Å². The third-order valence-corrected chi connectivity index (χ3v) is 8.56. The first-order valence-corrected chi connectivity index (χ1v) is 11.5. The Morgan fingerprint density at radius 1 is 0.857 bits per heavy atom. The number of hydrogen-bond donors (Lipinski definition) is 0. The lowest BCUT2D eigenvalue weighted by molar-refractivity contribution is 0.233. The Morgan fingerprint density at radius 3 is 1.89 bits per heavy atom. The van der Waals surface area contributed by atoms with Crippen LogP contribution in [0.4, 0.5) is 0 Å². The van der Waals surface area contributed by atoms with Gasteiger partial charge in [-0.3, -0.25) is 4.57 Å². The van der Waals surface area contributed by atoms with Gasteiger partial charge in [0.2, 0.25) is 7.29 Å². The molecule has 1 saturated heterocycles. The van der Waals surface area contributed by atoms with Crippen molar-refractivity contribution < 1.29 is 9.30 Å². The van der Waals surface area contributed by atoms with Crippen molar-refractivity contribution in [3.8, 4) is 5.75 Å². The first-order chi connectivity index (χ1) is 13.7. The Labute approximate surface area is 167 Å². The van der Waals surface area contributed by atoms with Crippen molar-refractivity contribution in [3.63, 3.8) is 0 Å². The summed E-state index contributed by atoms with van der Waals surface area (Å²) in [6, 6.07) is 29.8. The van der Waals surface area contributed by atoms with Gasteiger partial charge in [0, 0.05) is 17.2 Å². The van der Waals surface area contributed by atoms with Crippen LogP contribution in [0.1, 0.15) is 13.3 Å². The Kier molecular flexibility index (Phi) is 5.66. The summed E-state index contributed by atoms with van der Waals surface area (Å²) in [4.78, 5) is 0. The van der Waals surface area contributed by atoms with Gasteiger partial charge in [-0.25, -0.2) is 4.67 Å². The molecule has 0 unspecified atom stereocenters. The van der Waals surface area contributed by atoms with Crippen LogP contribution in [0.2, 0.25) is 0 Å². The molecule has 0 radical (unpaired) electrons. The third-order valence-electron chi connectivity index (χ3n) is 5.35. The average molecular weight is 391 g/mol. The molecule has 3 nitrogen and oxygen atoms in total. The quantitative estimate of drug-likeness (QED) is 0.570. The van der Waals surface area contributed by atoms with Gasteiger partial charge in [0.05, 0.1) is 6.04 Å². The molecule has 0 saturated carbocycles. The van der Waals surface area contributed by atoms with Crippen LogP contribution in [-0.2, 0) is 4.57 Å². The maximum absolute atomic E-state index is 14.7. The van der Waals surface area contributed by atoms with E-state index in [1.165, 1.54) is 0 Å². The molecule has 3 aromatic carbocycles. The highest BCUT2D eigenvalue weighted by Gasteiger charge is 2.43. The number of nitrogens with zero attached hydrogens (tertiary/aromatic N) is 1. The van der Waals surface area contributed by atoms with Gasteiger partial charge in [0.15, 0.2) is 0 Å². The predicted octanol–water partition coefficient (Wildman–Crippen LogP) is 4.70. The summed E-state index contributed by atoms with van der Waals surface area (Å²) in [5, 5.41) is 1.78. The molecule has 28 heavy (non-hydrogen) atoms. The number of para-hydroxylation sites is 1. The molecule has 0 aromatic heterocycles. The summed E-state index contributed by atoms with van der Waals surface area (Å²) in [5.74, 6) is 1.33. The number of rotatable bonds is 6. The van der Waals surface area contributed by atoms with Gasteiger partial charge in [-0.15, -0.1) is 0 Å². The molecule has 0 spiro atoms. The van der Waals surface area contributed by atoms with Gasteiger partial charge in [0.1, 0.15) is 12.4 Å². The number of hydrogen-bond acceptors (Lipinski definition) is 2. The van der Waals surface area contributed by atoms with Crippen molar-refractivity contribution in [1.29, 1.82) is 0 Å². The third kappa shape index (κ3) is 3.78. The zero-order valence-corrected chi connectivity index (χ0v) is 17.0. The van der Waals surface area contributed by atoms with E-state index in [9.17, 15) is 4.57 Å². The molecule has 1 heterocycles. The van der Waals surface area contributed by atoms with Crippen LogP contribution in [0.25, 0.3) is 0 Å². The summed E-state index contributed by atoms with van der Waals surface area (Å²) in [6.07, 6.45) is 0.983. The summed E-state index contributed by atoms with van der Waals surface area (Å²) in [7, 11) is -2.93. The molecule has 0 bridgehead atoms. The molecule has 3 aromatic rings. The Bertz CT molecular complexity index is 887. The van der Waals surface area contributed by atoms with Crippen molar-refractivity contribution in [2.75, 3.05) is 13.2 Å². The van der Waals surface area contributed by atoms with Crippen LogP contribution in [0.5, 0.6) is 5.75 Å². The van der Waals surface area contributed by atoms with E-state index >= 15 is 0 Å². The Morgan fingerprint density at radius 2 is 1.36 bits per heavy atom. The normalized spacial score (nSPS) is 20.2. The Balaban J connectivity index is 1.69. The zero-order valence-electron chi connectivity index (χ0n) is 16.1. The highest BCUT2D eigenvalue weighted by atomic mass is 31.2. The zero-order chi connectivity index (χ0) is 19.4. The second kappa shape index (κ2) is 8.34. The molecule has 1 aliphatic rings. The van der Waals surface area contributed by atoms with Crippen LogP contribution in [0, 0.1) is 5.92 Å². The van der Waals surface area contributed by atoms with Crippen LogP contribution >= 0.6 is 7.29 Å². The second-order valence-corrected chi connectivity index (χ2v) is 10.2. The lowest BCUT2D eigenvalue weighted by Crippen LogP contribution is -2.38. The standard InChI is InChI=1S/C24H26NO2P/c1-20-17-21(19-27-22-11-5-2-6-12-22)25(18-20)28(26,23-13-7-3-8-14-23)24-15-9-4-10-16-24/h2-16,20-21H,17-19H2,1H3/t20-,21-/m0/s1. The van der Waals surface area contributed by atoms with Gasteiger partial charge in [-0.1, -0.05) is 61.5 Å². The molecular weight excluding hydrogens is 365 g/mol. The van der Waals surface area contributed by atoms with E-state index in [-0.39, 0.29) is 6.04 Å². The fourth-order valence-corrected chi connectivity index (χ4v) is 7.22. The summed E-state index contributed by atoms with van der Waals surface area (Å²) in [5.41, 5.74) is 0. The summed E-state index contributed by atoms with van der Waals surface area (Å²) >= 11 is 0. The van der Waals surface area contributed by atoms with Crippen LogP contribution in [-0.4, -0.2) is 23.9 Å². The van der Waals surface area contributed by atoms with Crippen LogP contribution < -0.4 is 15.3 Å². The molecule has 144 valence electrons. The van der Waals surface area contributed by atoms with Gasteiger partial charge < -0.3 is 4.74 Å². The van der Waals surface area contributed by atoms with Crippen molar-refractivity contribution in [1.82, 2.24) is 4.67 Å². The minimum atomic E-state index is -2.93. The van der Waals surface area contributed by atoms with E-state index in [0.29, 0.717) is 12.5 Å². The van der Waals surface area contributed by atoms with Crippen LogP contribution in [0.3, 0.4) is 0 Å². The lowest BCUT2D eigenvalue weighted by atomic mass is 10.1. The average Bonchev–Trinajstić information content (AvgIpc) is 3.14. The SMILES string of the molecule is C[C@H]1C[C@@H](COc2ccccc2)N(P(=O)(c2ccccc2)c2ccccc2)C1. The molecule has 2 atom stereocenters. The Hall–Kier alpha value is -2.35. The van der Waals surface area contributed by atoms with Crippen LogP contribution in [0.15, 0.2) is 91.0 Å². The minimum absolute atomic E-state index is 0.112. The topological polar surface area (TPSA) is 29.5 Å². The van der Waals surface area contributed by atoms with E-state index < -0.39 is 7.29 Å². The van der Waals surface area contributed by atoms with E-state index in [0.717, 1.165) is 29.3 Å².